The molecule has 148 valence electrons. The van der Waals surface area contributed by atoms with Gasteiger partial charge in [0.2, 0.25) is 5.88 Å². The quantitative estimate of drug-likeness (QED) is 0.554. The zero-order valence-electron chi connectivity index (χ0n) is 16.8. The first-order valence-corrected chi connectivity index (χ1v) is 9.45. The fourth-order valence-corrected chi connectivity index (χ4v) is 2.94. The van der Waals surface area contributed by atoms with Gasteiger partial charge in [0, 0.05) is 12.1 Å². The van der Waals surface area contributed by atoms with Crippen molar-refractivity contribution in [2.24, 2.45) is 5.92 Å². The fraction of sp³-hybridized carbons (Fsp3) is 0.409. The van der Waals surface area contributed by atoms with Gasteiger partial charge in [-0.15, -0.1) is 0 Å². The van der Waals surface area contributed by atoms with Crippen LogP contribution in [0.5, 0.6) is 11.6 Å². The molecule has 0 aliphatic rings. The highest BCUT2D eigenvalue weighted by Gasteiger charge is 2.25. The number of carbonyl (C=O) groups excluding carboxylic acids is 1. The summed E-state index contributed by atoms with van der Waals surface area (Å²) >= 11 is 0. The van der Waals surface area contributed by atoms with Gasteiger partial charge in [-0.1, -0.05) is 27.2 Å². The molecule has 0 amide bonds. The Balaban J connectivity index is 2.47. The molecule has 6 heteroatoms. The van der Waals surface area contributed by atoms with Crippen LogP contribution < -0.4 is 10.3 Å². The second-order valence-electron chi connectivity index (χ2n) is 7.18. The number of pyridine rings is 1. The molecule has 0 bridgehead atoms. The first kappa shape index (κ1) is 21.2. The van der Waals surface area contributed by atoms with Gasteiger partial charge >= 0.3 is 0 Å². The van der Waals surface area contributed by atoms with E-state index in [0.29, 0.717) is 17.9 Å². The molecule has 0 spiro atoms. The van der Waals surface area contributed by atoms with Crippen LogP contribution in [0.15, 0.2) is 29.1 Å². The standard InChI is InChI=1S/C22H26N2O4/c1-5-6-11-28-17-9-7-16(8-10-17)20(25)19-15(4)18(12-23)21(26)24(22(19)27)13-14(2)3/h7-10,14,27H,5-6,11,13H2,1-4H3. The number of carbonyl (C=O) groups is 1. The first-order valence-electron chi connectivity index (χ1n) is 9.45. The summed E-state index contributed by atoms with van der Waals surface area (Å²) in [7, 11) is 0. The van der Waals surface area contributed by atoms with E-state index in [2.05, 4.69) is 6.92 Å². The van der Waals surface area contributed by atoms with Crippen LogP contribution in [0.1, 0.15) is 60.7 Å². The number of hydrogen-bond donors (Lipinski definition) is 1. The van der Waals surface area contributed by atoms with Crippen LogP contribution in [0.25, 0.3) is 0 Å². The van der Waals surface area contributed by atoms with Crippen molar-refractivity contribution in [3.05, 3.63) is 56.9 Å². The lowest BCUT2D eigenvalue weighted by atomic mass is 9.97. The van der Waals surface area contributed by atoms with E-state index < -0.39 is 17.2 Å². The van der Waals surface area contributed by atoms with E-state index in [1.807, 2.05) is 19.9 Å². The molecule has 0 saturated heterocycles. The molecule has 1 aromatic carbocycles. The monoisotopic (exact) mass is 382 g/mol. The summed E-state index contributed by atoms with van der Waals surface area (Å²) in [6.45, 7) is 8.18. The van der Waals surface area contributed by atoms with Gasteiger partial charge < -0.3 is 9.84 Å². The molecule has 0 saturated carbocycles. The number of nitriles is 1. The number of ether oxygens (including phenoxy) is 1. The minimum atomic E-state index is -0.581. The van der Waals surface area contributed by atoms with Crippen molar-refractivity contribution in [1.29, 1.82) is 5.26 Å². The molecule has 0 unspecified atom stereocenters. The number of ketones is 1. The predicted molar refractivity (Wildman–Crippen MR) is 107 cm³/mol. The average Bonchev–Trinajstić information content (AvgIpc) is 2.66. The maximum absolute atomic E-state index is 13.1. The maximum Gasteiger partial charge on any atom is 0.271 e. The summed E-state index contributed by atoms with van der Waals surface area (Å²) in [5.74, 6) is -0.124. The summed E-state index contributed by atoms with van der Waals surface area (Å²) in [5.41, 5.74) is -0.182. The normalized spacial score (nSPS) is 10.7. The summed E-state index contributed by atoms with van der Waals surface area (Å²) in [5, 5.41) is 20.0. The summed E-state index contributed by atoms with van der Waals surface area (Å²) in [6.07, 6.45) is 1.98. The van der Waals surface area contributed by atoms with Crippen LogP contribution in [0.3, 0.4) is 0 Å². The van der Waals surface area contributed by atoms with Crippen LogP contribution in [0.4, 0.5) is 0 Å². The second kappa shape index (κ2) is 9.23. The van der Waals surface area contributed by atoms with Crippen molar-refractivity contribution in [2.75, 3.05) is 6.61 Å². The molecule has 0 fully saturated rings. The van der Waals surface area contributed by atoms with Crippen molar-refractivity contribution >= 4 is 5.78 Å². The number of rotatable bonds is 8. The molecule has 6 nitrogen and oxygen atoms in total. The first-order chi connectivity index (χ1) is 13.3. The van der Waals surface area contributed by atoms with Crippen LogP contribution in [-0.4, -0.2) is 22.1 Å². The van der Waals surface area contributed by atoms with Crippen molar-refractivity contribution in [2.45, 2.75) is 47.1 Å². The van der Waals surface area contributed by atoms with Crippen molar-refractivity contribution < 1.29 is 14.6 Å². The Kier molecular flexibility index (Phi) is 7.00. The summed E-state index contributed by atoms with van der Waals surface area (Å²) in [6, 6.07) is 8.51. The average molecular weight is 382 g/mol. The lowest BCUT2D eigenvalue weighted by Gasteiger charge is -2.17. The molecule has 1 aromatic heterocycles. The van der Waals surface area contributed by atoms with E-state index >= 15 is 0 Å². The predicted octanol–water partition coefficient (Wildman–Crippen LogP) is 3.80. The van der Waals surface area contributed by atoms with Crippen molar-refractivity contribution in [3.63, 3.8) is 0 Å². The molecule has 28 heavy (non-hydrogen) atoms. The van der Waals surface area contributed by atoms with E-state index in [9.17, 15) is 20.0 Å². The molecule has 0 aliphatic heterocycles. The molecule has 0 radical (unpaired) electrons. The Labute approximate surface area is 165 Å². The minimum Gasteiger partial charge on any atom is -0.494 e. The molecular weight excluding hydrogens is 356 g/mol. The Morgan fingerprint density at radius 3 is 2.46 bits per heavy atom. The number of aromatic hydroxyl groups is 1. The SMILES string of the molecule is CCCCOc1ccc(C(=O)c2c(C)c(C#N)c(=O)n(CC(C)C)c2O)cc1. The van der Waals surface area contributed by atoms with Gasteiger partial charge in [0.05, 0.1) is 12.2 Å². The van der Waals surface area contributed by atoms with E-state index in [-0.39, 0.29) is 29.2 Å². The largest absolute Gasteiger partial charge is 0.494 e. The second-order valence-corrected chi connectivity index (χ2v) is 7.18. The number of benzene rings is 1. The summed E-state index contributed by atoms with van der Waals surface area (Å²) < 4.78 is 6.70. The third-order valence-corrected chi connectivity index (χ3v) is 4.46. The Hall–Kier alpha value is -3.07. The van der Waals surface area contributed by atoms with Crippen LogP contribution in [0.2, 0.25) is 0 Å². The smallest absolute Gasteiger partial charge is 0.271 e. The van der Waals surface area contributed by atoms with Gasteiger partial charge in [-0.3, -0.25) is 14.2 Å². The number of hydrogen-bond acceptors (Lipinski definition) is 5. The number of nitrogens with zero attached hydrogens (tertiary/aromatic N) is 2. The Morgan fingerprint density at radius 1 is 1.29 bits per heavy atom. The molecule has 2 aromatic rings. The van der Waals surface area contributed by atoms with Crippen LogP contribution >= 0.6 is 0 Å². The number of aromatic nitrogens is 1. The van der Waals surface area contributed by atoms with E-state index in [0.717, 1.165) is 17.4 Å². The fourth-order valence-electron chi connectivity index (χ4n) is 2.94. The third-order valence-electron chi connectivity index (χ3n) is 4.46. The van der Waals surface area contributed by atoms with Gasteiger partial charge in [-0.25, -0.2) is 0 Å². The van der Waals surface area contributed by atoms with E-state index in [4.69, 9.17) is 4.74 Å². The van der Waals surface area contributed by atoms with Crippen LogP contribution in [-0.2, 0) is 6.54 Å². The van der Waals surface area contributed by atoms with E-state index in [1.165, 1.54) is 6.92 Å². The Morgan fingerprint density at radius 2 is 1.93 bits per heavy atom. The van der Waals surface area contributed by atoms with Crippen molar-refractivity contribution in [3.8, 4) is 17.7 Å². The molecule has 1 N–H and O–H groups in total. The number of unbranched alkanes of at least 4 members (excludes halogenated alkanes) is 1. The molecular formula is C22H26N2O4. The molecule has 1 heterocycles. The van der Waals surface area contributed by atoms with Gasteiger partial charge in [0.15, 0.2) is 5.78 Å². The van der Waals surface area contributed by atoms with Gasteiger partial charge in [0.25, 0.3) is 5.56 Å². The highest BCUT2D eigenvalue weighted by molar-refractivity contribution is 6.11. The Bertz CT molecular complexity index is 950. The maximum atomic E-state index is 13.1. The van der Waals surface area contributed by atoms with Gasteiger partial charge in [-0.2, -0.15) is 5.26 Å². The highest BCUT2D eigenvalue weighted by atomic mass is 16.5. The molecule has 0 atom stereocenters. The zero-order chi connectivity index (χ0) is 20.8. The highest BCUT2D eigenvalue weighted by Crippen LogP contribution is 2.26. The van der Waals surface area contributed by atoms with Gasteiger partial charge in [0.1, 0.15) is 17.4 Å². The summed E-state index contributed by atoms with van der Waals surface area (Å²) in [4.78, 5) is 25.6. The van der Waals surface area contributed by atoms with Gasteiger partial charge in [-0.05, 0) is 49.1 Å². The molecule has 0 aliphatic carbocycles. The molecule has 2 rings (SSSR count). The van der Waals surface area contributed by atoms with Crippen LogP contribution in [0, 0.1) is 24.2 Å². The topological polar surface area (TPSA) is 92.3 Å². The van der Waals surface area contributed by atoms with E-state index in [1.54, 1.807) is 24.3 Å². The minimum absolute atomic E-state index is 0.0172. The lowest BCUT2D eigenvalue weighted by molar-refractivity contribution is 0.103. The third kappa shape index (κ3) is 4.42. The van der Waals surface area contributed by atoms with Crippen molar-refractivity contribution in [1.82, 2.24) is 4.57 Å². The zero-order valence-corrected chi connectivity index (χ0v) is 16.8. The lowest BCUT2D eigenvalue weighted by Crippen LogP contribution is -2.28.